The molecule has 0 radical (unpaired) electrons. The van der Waals surface area contributed by atoms with E-state index in [1.165, 1.54) is 116 Å². The van der Waals surface area contributed by atoms with Gasteiger partial charge in [-0.3, -0.25) is 9.59 Å². The summed E-state index contributed by atoms with van der Waals surface area (Å²) in [7, 11) is 3.83. The second-order valence-electron chi connectivity index (χ2n) is 13.1. The van der Waals surface area contributed by atoms with Gasteiger partial charge in [-0.05, 0) is 52.6 Å². The number of carbonyl (C=O) groups excluding carboxylic acids is 2. The van der Waals surface area contributed by atoms with Crippen molar-refractivity contribution in [1.82, 2.24) is 4.90 Å². The van der Waals surface area contributed by atoms with Crippen LogP contribution in [0.15, 0.2) is 25.3 Å². The fourth-order valence-electron chi connectivity index (χ4n) is 4.92. The number of carbonyl (C=O) groups is 2. The average molecular weight is 652 g/mol. The third kappa shape index (κ3) is 46.8. The Labute approximate surface area is 288 Å². The SMILES string of the molecule is C=CCCCCCCCC.C=CCCCCCCCC(=O)OC(COC(=O)CCCCCCC)CN(C)C.CCCCCCCC. The van der Waals surface area contributed by atoms with Crippen molar-refractivity contribution < 1.29 is 19.1 Å². The highest BCUT2D eigenvalue weighted by Crippen LogP contribution is 2.10. The highest BCUT2D eigenvalue weighted by Gasteiger charge is 2.18. The molecule has 5 nitrogen and oxygen atoms in total. The highest BCUT2D eigenvalue weighted by atomic mass is 16.6. The van der Waals surface area contributed by atoms with Crippen LogP contribution in [-0.2, 0) is 19.1 Å². The molecule has 0 heterocycles. The van der Waals surface area contributed by atoms with Gasteiger partial charge in [0.15, 0.2) is 0 Å². The van der Waals surface area contributed by atoms with Crippen LogP contribution < -0.4 is 0 Å². The van der Waals surface area contributed by atoms with Gasteiger partial charge >= 0.3 is 11.9 Å². The van der Waals surface area contributed by atoms with Crippen LogP contribution in [0.4, 0.5) is 0 Å². The van der Waals surface area contributed by atoms with E-state index in [0.29, 0.717) is 19.4 Å². The first-order valence-electron chi connectivity index (χ1n) is 19.5. The molecule has 0 aliphatic rings. The lowest BCUT2D eigenvalue weighted by Gasteiger charge is -2.21. The van der Waals surface area contributed by atoms with Gasteiger partial charge in [0.25, 0.3) is 0 Å². The molecule has 0 spiro atoms. The first-order chi connectivity index (χ1) is 22.3. The van der Waals surface area contributed by atoms with E-state index >= 15 is 0 Å². The Morgan fingerprint density at radius 1 is 0.543 bits per heavy atom. The fraction of sp³-hybridized carbons (Fsp3) is 0.854. The van der Waals surface area contributed by atoms with E-state index in [0.717, 1.165) is 38.5 Å². The minimum atomic E-state index is -0.404. The number of esters is 2. The van der Waals surface area contributed by atoms with Crippen molar-refractivity contribution >= 4 is 11.9 Å². The summed E-state index contributed by atoms with van der Waals surface area (Å²) in [5.74, 6) is -0.399. The number of nitrogens with zero attached hydrogens (tertiary/aromatic N) is 1. The van der Waals surface area contributed by atoms with E-state index in [1.807, 2.05) is 31.1 Å². The molecule has 0 amide bonds. The van der Waals surface area contributed by atoms with Crippen molar-refractivity contribution in [2.45, 2.75) is 201 Å². The van der Waals surface area contributed by atoms with Crippen LogP contribution in [0, 0.1) is 0 Å². The van der Waals surface area contributed by atoms with Crippen LogP contribution >= 0.6 is 0 Å². The molecule has 0 aliphatic heterocycles. The van der Waals surface area contributed by atoms with Crippen molar-refractivity contribution in [1.29, 1.82) is 0 Å². The molecule has 0 aromatic heterocycles. The Balaban J connectivity index is -0.000000832. The predicted octanol–water partition coefficient (Wildman–Crippen LogP) is 12.6. The number of allylic oxidation sites excluding steroid dienone is 2. The van der Waals surface area contributed by atoms with Gasteiger partial charge in [-0.25, -0.2) is 0 Å². The average Bonchev–Trinajstić information content (AvgIpc) is 3.03. The number of likely N-dealkylation sites (N-methyl/N-ethyl adjacent to an activating group) is 1. The van der Waals surface area contributed by atoms with E-state index in [9.17, 15) is 9.59 Å². The van der Waals surface area contributed by atoms with Crippen LogP contribution in [-0.4, -0.2) is 50.2 Å². The molecule has 0 aromatic carbocycles. The summed E-state index contributed by atoms with van der Waals surface area (Å²) >= 11 is 0. The first-order valence-corrected chi connectivity index (χ1v) is 19.5. The van der Waals surface area contributed by atoms with Gasteiger partial charge in [-0.15, -0.1) is 13.2 Å². The van der Waals surface area contributed by atoms with E-state index in [4.69, 9.17) is 9.47 Å². The molecule has 274 valence electrons. The number of rotatable bonds is 31. The first kappa shape index (κ1) is 48.8. The Morgan fingerprint density at radius 2 is 0.891 bits per heavy atom. The zero-order chi connectivity index (χ0) is 34.9. The molecule has 0 N–H and O–H groups in total. The van der Waals surface area contributed by atoms with E-state index in [1.54, 1.807) is 0 Å². The Hall–Kier alpha value is -1.62. The van der Waals surface area contributed by atoms with Crippen molar-refractivity contribution in [3.05, 3.63) is 25.3 Å². The Bertz CT molecular complexity index is 628. The van der Waals surface area contributed by atoms with Gasteiger partial charge in [0.2, 0.25) is 0 Å². The van der Waals surface area contributed by atoms with Crippen molar-refractivity contribution in [2.75, 3.05) is 27.2 Å². The minimum Gasteiger partial charge on any atom is -0.462 e. The molecular weight excluding hydrogens is 570 g/mol. The third-order valence-electron chi connectivity index (χ3n) is 7.79. The maximum Gasteiger partial charge on any atom is 0.306 e. The normalized spacial score (nSPS) is 11.1. The molecule has 0 fully saturated rings. The van der Waals surface area contributed by atoms with Crippen LogP contribution in [0.25, 0.3) is 0 Å². The van der Waals surface area contributed by atoms with Crippen LogP contribution in [0.1, 0.15) is 195 Å². The third-order valence-corrected chi connectivity index (χ3v) is 7.79. The van der Waals surface area contributed by atoms with E-state index < -0.39 is 6.10 Å². The summed E-state index contributed by atoms with van der Waals surface area (Å²) in [4.78, 5) is 25.9. The smallest absolute Gasteiger partial charge is 0.306 e. The molecule has 0 aliphatic carbocycles. The van der Waals surface area contributed by atoms with Crippen molar-refractivity contribution in [3.63, 3.8) is 0 Å². The fourth-order valence-corrected chi connectivity index (χ4v) is 4.92. The largest absolute Gasteiger partial charge is 0.462 e. The van der Waals surface area contributed by atoms with Crippen LogP contribution in [0.5, 0.6) is 0 Å². The van der Waals surface area contributed by atoms with Gasteiger partial charge in [0.1, 0.15) is 12.7 Å². The topological polar surface area (TPSA) is 55.8 Å². The second kappa shape index (κ2) is 43.4. The molecule has 1 unspecified atom stereocenters. The molecule has 0 saturated heterocycles. The number of hydrogen-bond donors (Lipinski definition) is 0. The molecular formula is C41H81NO4. The second-order valence-corrected chi connectivity index (χ2v) is 13.1. The summed E-state index contributed by atoms with van der Waals surface area (Å²) in [6, 6.07) is 0. The molecule has 0 saturated carbocycles. The van der Waals surface area contributed by atoms with Gasteiger partial charge in [0.05, 0.1) is 0 Å². The number of unbranched alkanes of at least 4 members (excludes halogenated alkanes) is 20. The molecule has 0 aromatic rings. The standard InChI is InChI=1S/C23H43NO4.C10H20.C8H18/c1-5-7-9-11-12-14-16-18-23(26)28-21(19-24(3)4)20-27-22(25)17-15-13-10-8-6-2;1-3-5-7-9-10-8-6-4-2;1-3-5-7-8-6-4-2/h5,21H,1,6-20H2,2-4H3;3H,1,4-10H2,2H3;3-8H2,1-2H3. The maximum absolute atomic E-state index is 12.1. The molecule has 46 heavy (non-hydrogen) atoms. The Kier molecular flexibility index (Phi) is 46.0. The quantitative estimate of drug-likeness (QED) is 0.0424. The van der Waals surface area contributed by atoms with Crippen molar-refractivity contribution in [3.8, 4) is 0 Å². The Morgan fingerprint density at radius 3 is 1.26 bits per heavy atom. The lowest BCUT2D eigenvalue weighted by molar-refractivity contribution is -0.160. The molecule has 0 rings (SSSR count). The summed E-state index contributed by atoms with van der Waals surface area (Å²) in [5, 5.41) is 0. The summed E-state index contributed by atoms with van der Waals surface area (Å²) < 4.78 is 10.9. The number of hydrogen-bond acceptors (Lipinski definition) is 5. The zero-order valence-electron chi connectivity index (χ0n) is 32.0. The van der Waals surface area contributed by atoms with E-state index in [-0.39, 0.29) is 18.5 Å². The van der Waals surface area contributed by atoms with Crippen LogP contribution in [0.2, 0.25) is 0 Å². The maximum atomic E-state index is 12.1. The molecule has 1 atom stereocenters. The number of ether oxygens (including phenoxy) is 2. The summed E-state index contributed by atoms with van der Waals surface area (Å²) in [6.07, 6.45) is 34.4. The summed E-state index contributed by atoms with van der Waals surface area (Å²) in [5.41, 5.74) is 0. The van der Waals surface area contributed by atoms with Gasteiger partial charge in [0, 0.05) is 19.4 Å². The summed E-state index contributed by atoms with van der Waals surface area (Å²) in [6.45, 7) is 17.0. The minimum absolute atomic E-state index is 0.138. The van der Waals surface area contributed by atoms with E-state index in [2.05, 4.69) is 40.9 Å². The zero-order valence-corrected chi connectivity index (χ0v) is 32.0. The van der Waals surface area contributed by atoms with Crippen molar-refractivity contribution in [2.24, 2.45) is 0 Å². The lowest BCUT2D eigenvalue weighted by atomic mass is 10.1. The highest BCUT2D eigenvalue weighted by molar-refractivity contribution is 5.70. The van der Waals surface area contributed by atoms with Gasteiger partial charge in [-0.1, -0.05) is 155 Å². The lowest BCUT2D eigenvalue weighted by Crippen LogP contribution is -2.34. The monoisotopic (exact) mass is 652 g/mol. The molecule has 5 heteroatoms. The van der Waals surface area contributed by atoms with Gasteiger partial charge < -0.3 is 14.4 Å². The molecule has 0 bridgehead atoms. The van der Waals surface area contributed by atoms with Gasteiger partial charge in [-0.2, -0.15) is 0 Å². The predicted molar refractivity (Wildman–Crippen MR) is 203 cm³/mol. The van der Waals surface area contributed by atoms with Crippen LogP contribution in [0.3, 0.4) is 0 Å².